The van der Waals surface area contributed by atoms with E-state index in [-0.39, 0.29) is 5.82 Å². The molecule has 1 atom stereocenters. The zero-order chi connectivity index (χ0) is 16.4. The second-order valence-electron chi connectivity index (χ2n) is 6.47. The Balaban J connectivity index is 1.50. The van der Waals surface area contributed by atoms with Crippen molar-refractivity contribution in [1.29, 1.82) is 0 Å². The molecule has 0 N–H and O–H groups in total. The smallest absolute Gasteiger partial charge is 0.137 e. The van der Waals surface area contributed by atoms with E-state index in [2.05, 4.69) is 20.0 Å². The van der Waals surface area contributed by atoms with E-state index in [1.807, 2.05) is 10.7 Å². The van der Waals surface area contributed by atoms with Crippen molar-refractivity contribution < 1.29 is 4.39 Å². The summed E-state index contributed by atoms with van der Waals surface area (Å²) < 4.78 is 15.9. The molecule has 1 aliphatic rings. The number of fused-ring (bicyclic) bond motifs is 1. The minimum Gasteiger partial charge on any atom is -0.299 e. The standard InChI is InChI=1S/C18H20FN5/c19-17-6-5-15(18-16(17)4-1-7-21-18)11-23-8-2-3-14(9-23)10-24-13-20-12-22-24/h1,4-7,12-14H,2-3,8-11H2/t14-/m1/s1. The number of benzene rings is 1. The molecule has 1 fully saturated rings. The van der Waals surface area contributed by atoms with E-state index in [4.69, 9.17) is 0 Å². The highest BCUT2D eigenvalue weighted by molar-refractivity contribution is 5.82. The van der Waals surface area contributed by atoms with Gasteiger partial charge in [0.2, 0.25) is 0 Å². The third-order valence-electron chi connectivity index (χ3n) is 4.71. The molecule has 0 amide bonds. The number of likely N-dealkylation sites (tertiary alicyclic amines) is 1. The van der Waals surface area contributed by atoms with E-state index in [0.29, 0.717) is 11.3 Å². The van der Waals surface area contributed by atoms with Crippen molar-refractivity contribution in [2.24, 2.45) is 5.92 Å². The van der Waals surface area contributed by atoms with Crippen LogP contribution in [0, 0.1) is 11.7 Å². The molecule has 4 rings (SSSR count). The lowest BCUT2D eigenvalue weighted by Gasteiger charge is -2.32. The summed E-state index contributed by atoms with van der Waals surface area (Å²) in [6, 6.07) is 7.00. The SMILES string of the molecule is Fc1ccc(CN2CCC[C@@H](Cn3cncn3)C2)c2ncccc12. The highest BCUT2D eigenvalue weighted by atomic mass is 19.1. The number of piperidine rings is 1. The Bertz CT molecular complexity index is 817. The summed E-state index contributed by atoms with van der Waals surface area (Å²) in [6.07, 6.45) is 7.47. The zero-order valence-corrected chi connectivity index (χ0v) is 13.5. The Hall–Kier alpha value is -2.34. The number of halogens is 1. The van der Waals surface area contributed by atoms with Gasteiger partial charge in [0.25, 0.3) is 0 Å². The molecule has 0 saturated carbocycles. The van der Waals surface area contributed by atoms with E-state index < -0.39 is 0 Å². The maximum absolute atomic E-state index is 13.9. The number of rotatable bonds is 4. The van der Waals surface area contributed by atoms with Crippen LogP contribution in [0.3, 0.4) is 0 Å². The Morgan fingerprint density at radius 2 is 2.21 bits per heavy atom. The Labute approximate surface area is 140 Å². The molecule has 3 heterocycles. The van der Waals surface area contributed by atoms with Crippen LogP contribution in [0.2, 0.25) is 0 Å². The number of aromatic nitrogens is 4. The number of nitrogens with zero attached hydrogens (tertiary/aromatic N) is 5. The summed E-state index contributed by atoms with van der Waals surface area (Å²) in [7, 11) is 0. The van der Waals surface area contributed by atoms with E-state index in [0.717, 1.165) is 37.3 Å². The van der Waals surface area contributed by atoms with Crippen LogP contribution < -0.4 is 0 Å². The molecule has 1 aliphatic heterocycles. The molecule has 0 aliphatic carbocycles. The van der Waals surface area contributed by atoms with Crippen molar-refractivity contribution in [3.05, 3.63) is 54.5 Å². The molecule has 0 unspecified atom stereocenters. The molecule has 0 radical (unpaired) electrons. The van der Waals surface area contributed by atoms with Gasteiger partial charge in [-0.3, -0.25) is 14.6 Å². The maximum Gasteiger partial charge on any atom is 0.137 e. The average molecular weight is 325 g/mol. The number of hydrogen-bond donors (Lipinski definition) is 0. The van der Waals surface area contributed by atoms with Gasteiger partial charge in [0.1, 0.15) is 18.5 Å². The first kappa shape index (κ1) is 15.2. The van der Waals surface area contributed by atoms with Gasteiger partial charge in [-0.2, -0.15) is 5.10 Å². The first-order chi connectivity index (χ1) is 11.8. The summed E-state index contributed by atoms with van der Waals surface area (Å²) in [5.74, 6) is 0.365. The lowest BCUT2D eigenvalue weighted by molar-refractivity contribution is 0.153. The summed E-state index contributed by atoms with van der Waals surface area (Å²) in [5, 5.41) is 4.81. The second kappa shape index (κ2) is 6.65. The average Bonchev–Trinajstić information content (AvgIpc) is 3.11. The molecule has 2 aromatic heterocycles. The second-order valence-corrected chi connectivity index (χ2v) is 6.47. The monoisotopic (exact) mass is 325 g/mol. The largest absolute Gasteiger partial charge is 0.299 e. The van der Waals surface area contributed by atoms with Crippen molar-refractivity contribution >= 4 is 10.9 Å². The molecule has 3 aromatic rings. The van der Waals surface area contributed by atoms with Gasteiger partial charge in [-0.15, -0.1) is 0 Å². The van der Waals surface area contributed by atoms with Crippen LogP contribution >= 0.6 is 0 Å². The van der Waals surface area contributed by atoms with E-state index in [1.54, 1.807) is 37.1 Å². The minimum atomic E-state index is -0.204. The topological polar surface area (TPSA) is 46.8 Å². The maximum atomic E-state index is 13.9. The third-order valence-corrected chi connectivity index (χ3v) is 4.71. The van der Waals surface area contributed by atoms with Gasteiger partial charge in [0.05, 0.1) is 5.52 Å². The van der Waals surface area contributed by atoms with E-state index in [1.165, 1.54) is 12.8 Å². The fraction of sp³-hybridized carbons (Fsp3) is 0.389. The predicted molar refractivity (Wildman–Crippen MR) is 89.7 cm³/mol. The predicted octanol–water partition coefficient (Wildman–Crippen LogP) is 2.88. The lowest BCUT2D eigenvalue weighted by Crippen LogP contribution is -2.36. The molecule has 0 bridgehead atoms. The van der Waals surface area contributed by atoms with Crippen LogP contribution in [0.25, 0.3) is 10.9 Å². The first-order valence-electron chi connectivity index (χ1n) is 8.36. The van der Waals surface area contributed by atoms with Gasteiger partial charge in [-0.25, -0.2) is 9.37 Å². The van der Waals surface area contributed by atoms with Gasteiger partial charge in [-0.1, -0.05) is 6.07 Å². The van der Waals surface area contributed by atoms with Crippen molar-refractivity contribution in [1.82, 2.24) is 24.6 Å². The van der Waals surface area contributed by atoms with E-state index >= 15 is 0 Å². The quantitative estimate of drug-likeness (QED) is 0.740. The van der Waals surface area contributed by atoms with E-state index in [9.17, 15) is 4.39 Å². The molecule has 0 spiro atoms. The molecule has 5 nitrogen and oxygen atoms in total. The molecule has 124 valence electrons. The van der Waals surface area contributed by atoms with Crippen LogP contribution in [0.1, 0.15) is 18.4 Å². The molecule has 1 saturated heterocycles. The Kier molecular flexibility index (Phi) is 4.21. The molecular weight excluding hydrogens is 305 g/mol. The van der Waals surface area contributed by atoms with Crippen molar-refractivity contribution in [2.45, 2.75) is 25.9 Å². The third kappa shape index (κ3) is 3.14. The van der Waals surface area contributed by atoms with Crippen LogP contribution in [0.4, 0.5) is 4.39 Å². The van der Waals surface area contributed by atoms with Gasteiger partial charge in [0, 0.05) is 31.2 Å². The zero-order valence-electron chi connectivity index (χ0n) is 13.5. The Morgan fingerprint density at radius 3 is 3.08 bits per heavy atom. The molecular formula is C18H20FN5. The van der Waals surface area contributed by atoms with Gasteiger partial charge >= 0.3 is 0 Å². The highest BCUT2D eigenvalue weighted by Crippen LogP contribution is 2.24. The van der Waals surface area contributed by atoms with Crippen molar-refractivity contribution in [3.63, 3.8) is 0 Å². The van der Waals surface area contributed by atoms with Crippen LogP contribution in [-0.4, -0.2) is 37.7 Å². The fourth-order valence-corrected chi connectivity index (χ4v) is 3.60. The molecule has 24 heavy (non-hydrogen) atoms. The summed E-state index contributed by atoms with van der Waals surface area (Å²) >= 11 is 0. The lowest BCUT2D eigenvalue weighted by atomic mass is 9.97. The summed E-state index contributed by atoms with van der Waals surface area (Å²) in [4.78, 5) is 10.8. The van der Waals surface area contributed by atoms with Gasteiger partial charge in [0.15, 0.2) is 0 Å². The molecule has 1 aromatic carbocycles. The van der Waals surface area contributed by atoms with Crippen LogP contribution in [0.5, 0.6) is 0 Å². The number of pyridine rings is 1. The Morgan fingerprint density at radius 1 is 1.25 bits per heavy atom. The highest BCUT2D eigenvalue weighted by Gasteiger charge is 2.21. The first-order valence-corrected chi connectivity index (χ1v) is 8.36. The van der Waals surface area contributed by atoms with Gasteiger partial charge < -0.3 is 0 Å². The molecule has 6 heteroatoms. The van der Waals surface area contributed by atoms with Crippen molar-refractivity contribution in [2.75, 3.05) is 13.1 Å². The fourth-order valence-electron chi connectivity index (χ4n) is 3.60. The normalized spacial score (nSPS) is 19.0. The van der Waals surface area contributed by atoms with Crippen LogP contribution in [-0.2, 0) is 13.1 Å². The summed E-state index contributed by atoms with van der Waals surface area (Å²) in [6.45, 7) is 3.80. The number of hydrogen-bond acceptors (Lipinski definition) is 4. The van der Waals surface area contributed by atoms with Crippen LogP contribution in [0.15, 0.2) is 43.1 Å². The van der Waals surface area contributed by atoms with Gasteiger partial charge in [-0.05, 0) is 49.1 Å². The minimum absolute atomic E-state index is 0.204. The summed E-state index contributed by atoms with van der Waals surface area (Å²) in [5.41, 5.74) is 1.87. The van der Waals surface area contributed by atoms with Crippen molar-refractivity contribution in [3.8, 4) is 0 Å².